The molecule has 0 fully saturated rings. The second-order valence-electron chi connectivity index (χ2n) is 6.78. The van der Waals surface area contributed by atoms with E-state index in [1.54, 1.807) is 17.5 Å². The standard InChI is InChI=1S/C22H21N3OS/c1-14-7-4-5-9-18(14)21-20-15(2)16(3)27-22(20)25(19(26)12-24-21)13-17-8-6-10-23-11-17/h4-11H,12-13H2,1-3H3. The molecule has 136 valence electrons. The molecule has 5 heteroatoms. The Morgan fingerprint density at radius 1 is 1.11 bits per heavy atom. The number of aryl methyl sites for hydroxylation is 2. The third-order valence-corrected chi connectivity index (χ3v) is 6.22. The summed E-state index contributed by atoms with van der Waals surface area (Å²) in [6.45, 7) is 6.99. The molecular weight excluding hydrogens is 354 g/mol. The number of hydrogen-bond donors (Lipinski definition) is 0. The third-order valence-electron chi connectivity index (χ3n) is 4.99. The maximum atomic E-state index is 13.0. The second-order valence-corrected chi connectivity index (χ2v) is 7.99. The maximum absolute atomic E-state index is 13.0. The summed E-state index contributed by atoms with van der Waals surface area (Å²) >= 11 is 1.67. The van der Waals surface area contributed by atoms with Gasteiger partial charge in [0.15, 0.2) is 0 Å². The largest absolute Gasteiger partial charge is 0.297 e. The SMILES string of the molecule is Cc1ccccc1C1=NCC(=O)N(Cc2cccnc2)c2sc(C)c(C)c21. The molecule has 2 aromatic heterocycles. The van der Waals surface area contributed by atoms with Crippen LogP contribution >= 0.6 is 11.3 Å². The lowest BCUT2D eigenvalue weighted by molar-refractivity contribution is -0.117. The van der Waals surface area contributed by atoms with Crippen LogP contribution in [0.2, 0.25) is 0 Å². The third kappa shape index (κ3) is 3.19. The van der Waals surface area contributed by atoms with E-state index in [-0.39, 0.29) is 12.5 Å². The smallest absolute Gasteiger partial charge is 0.249 e. The lowest BCUT2D eigenvalue weighted by Crippen LogP contribution is -2.31. The quantitative estimate of drug-likeness (QED) is 0.679. The van der Waals surface area contributed by atoms with Gasteiger partial charge in [-0.1, -0.05) is 30.3 Å². The Labute approximate surface area is 163 Å². The van der Waals surface area contributed by atoms with Gasteiger partial charge in [0.1, 0.15) is 11.5 Å². The molecule has 0 saturated heterocycles. The monoisotopic (exact) mass is 375 g/mol. The van der Waals surface area contributed by atoms with E-state index < -0.39 is 0 Å². The molecule has 4 rings (SSSR count). The first kappa shape index (κ1) is 17.6. The molecule has 0 unspecified atom stereocenters. The van der Waals surface area contributed by atoms with Crippen LogP contribution in [0.25, 0.3) is 0 Å². The Balaban J connectivity index is 1.87. The van der Waals surface area contributed by atoms with E-state index in [4.69, 9.17) is 4.99 Å². The van der Waals surface area contributed by atoms with Gasteiger partial charge in [-0.05, 0) is 43.5 Å². The molecule has 0 aliphatic carbocycles. The summed E-state index contributed by atoms with van der Waals surface area (Å²) in [4.78, 5) is 25.0. The van der Waals surface area contributed by atoms with Gasteiger partial charge in [-0.2, -0.15) is 0 Å². The summed E-state index contributed by atoms with van der Waals surface area (Å²) in [6, 6.07) is 12.1. The van der Waals surface area contributed by atoms with E-state index in [1.807, 2.05) is 35.4 Å². The number of nitrogens with zero attached hydrogens (tertiary/aromatic N) is 3. The molecule has 27 heavy (non-hydrogen) atoms. The molecule has 0 atom stereocenters. The van der Waals surface area contributed by atoms with Crippen molar-refractivity contribution in [2.75, 3.05) is 11.4 Å². The Hall–Kier alpha value is -2.79. The summed E-state index contributed by atoms with van der Waals surface area (Å²) in [5.41, 5.74) is 6.48. The molecular formula is C22H21N3OS. The van der Waals surface area contributed by atoms with Crippen molar-refractivity contribution in [3.63, 3.8) is 0 Å². The number of rotatable bonds is 3. The predicted molar refractivity (Wildman–Crippen MR) is 111 cm³/mol. The first-order valence-corrected chi connectivity index (χ1v) is 9.78. The normalized spacial score (nSPS) is 14.0. The van der Waals surface area contributed by atoms with Crippen LogP contribution in [0.5, 0.6) is 0 Å². The van der Waals surface area contributed by atoms with Crippen LogP contribution in [0.3, 0.4) is 0 Å². The van der Waals surface area contributed by atoms with Crippen LogP contribution in [0.15, 0.2) is 53.8 Å². The molecule has 0 spiro atoms. The highest BCUT2D eigenvalue weighted by Gasteiger charge is 2.30. The van der Waals surface area contributed by atoms with E-state index in [9.17, 15) is 4.79 Å². The second kappa shape index (κ2) is 7.08. The van der Waals surface area contributed by atoms with Crippen molar-refractivity contribution in [2.24, 2.45) is 4.99 Å². The first-order valence-electron chi connectivity index (χ1n) is 8.96. The van der Waals surface area contributed by atoms with Crippen molar-refractivity contribution in [1.82, 2.24) is 4.98 Å². The Morgan fingerprint density at radius 3 is 2.67 bits per heavy atom. The van der Waals surface area contributed by atoms with Gasteiger partial charge >= 0.3 is 0 Å². The van der Waals surface area contributed by atoms with Gasteiger partial charge in [-0.15, -0.1) is 11.3 Å². The zero-order valence-electron chi connectivity index (χ0n) is 15.7. The van der Waals surface area contributed by atoms with E-state index in [1.165, 1.54) is 16.0 Å². The molecule has 3 heterocycles. The number of aromatic nitrogens is 1. The molecule has 0 bridgehead atoms. The number of fused-ring (bicyclic) bond motifs is 1. The van der Waals surface area contributed by atoms with E-state index in [0.717, 1.165) is 27.4 Å². The number of thiophene rings is 1. The predicted octanol–water partition coefficient (Wildman–Crippen LogP) is 4.45. The summed E-state index contributed by atoms with van der Waals surface area (Å²) in [5.74, 6) is 0.0185. The Morgan fingerprint density at radius 2 is 1.93 bits per heavy atom. The van der Waals surface area contributed by atoms with Gasteiger partial charge in [0.2, 0.25) is 5.91 Å². The highest BCUT2D eigenvalue weighted by Crippen LogP contribution is 2.39. The van der Waals surface area contributed by atoms with Crippen LogP contribution in [-0.4, -0.2) is 23.1 Å². The van der Waals surface area contributed by atoms with Crippen molar-refractivity contribution in [2.45, 2.75) is 27.3 Å². The van der Waals surface area contributed by atoms with Gasteiger partial charge in [0.25, 0.3) is 0 Å². The van der Waals surface area contributed by atoms with Gasteiger partial charge in [0.05, 0.1) is 12.3 Å². The minimum absolute atomic E-state index is 0.0185. The summed E-state index contributed by atoms with van der Waals surface area (Å²) in [7, 11) is 0. The molecule has 1 aliphatic rings. The van der Waals surface area contributed by atoms with Crippen molar-refractivity contribution in [3.8, 4) is 0 Å². The number of carbonyl (C=O) groups excluding carboxylic acids is 1. The summed E-state index contributed by atoms with van der Waals surface area (Å²) < 4.78 is 0. The molecule has 4 nitrogen and oxygen atoms in total. The van der Waals surface area contributed by atoms with Gasteiger partial charge in [-0.25, -0.2) is 0 Å². The first-order chi connectivity index (χ1) is 13.1. The van der Waals surface area contributed by atoms with Crippen LogP contribution < -0.4 is 4.90 Å². The highest BCUT2D eigenvalue weighted by atomic mass is 32.1. The van der Waals surface area contributed by atoms with Crippen molar-refractivity contribution < 1.29 is 4.79 Å². The number of aliphatic imine (C=N–C) groups is 1. The molecule has 1 aromatic carbocycles. The minimum Gasteiger partial charge on any atom is -0.297 e. The molecule has 0 radical (unpaired) electrons. The van der Waals surface area contributed by atoms with Crippen LogP contribution in [0.1, 0.15) is 32.7 Å². The zero-order valence-corrected chi connectivity index (χ0v) is 16.5. The molecule has 0 N–H and O–H groups in total. The molecule has 0 saturated carbocycles. The highest BCUT2D eigenvalue weighted by molar-refractivity contribution is 7.17. The fraction of sp³-hybridized carbons (Fsp3) is 0.227. The Kier molecular flexibility index (Phi) is 4.62. The van der Waals surface area contributed by atoms with Crippen LogP contribution in [0.4, 0.5) is 5.00 Å². The summed E-state index contributed by atoms with van der Waals surface area (Å²) in [6.07, 6.45) is 3.56. The minimum atomic E-state index is 0.0185. The van der Waals surface area contributed by atoms with Gasteiger partial charge < -0.3 is 0 Å². The lowest BCUT2D eigenvalue weighted by atomic mass is 9.96. The van der Waals surface area contributed by atoms with E-state index in [2.05, 4.69) is 37.9 Å². The lowest BCUT2D eigenvalue weighted by Gasteiger charge is -2.20. The number of amides is 1. The van der Waals surface area contributed by atoms with Crippen LogP contribution in [-0.2, 0) is 11.3 Å². The average molecular weight is 375 g/mol. The van der Waals surface area contributed by atoms with Crippen molar-refractivity contribution in [1.29, 1.82) is 0 Å². The molecule has 1 aliphatic heterocycles. The zero-order chi connectivity index (χ0) is 19.0. The van der Waals surface area contributed by atoms with Gasteiger partial charge in [-0.3, -0.25) is 19.7 Å². The fourth-order valence-electron chi connectivity index (χ4n) is 3.39. The van der Waals surface area contributed by atoms with E-state index in [0.29, 0.717) is 6.54 Å². The number of anilines is 1. The molecule has 3 aromatic rings. The number of benzene rings is 1. The number of hydrogen-bond acceptors (Lipinski definition) is 4. The topological polar surface area (TPSA) is 45.6 Å². The Bertz CT molecular complexity index is 1040. The maximum Gasteiger partial charge on any atom is 0.249 e. The fourth-order valence-corrected chi connectivity index (χ4v) is 4.57. The van der Waals surface area contributed by atoms with E-state index >= 15 is 0 Å². The van der Waals surface area contributed by atoms with Crippen LogP contribution in [0, 0.1) is 20.8 Å². The average Bonchev–Trinajstić information content (AvgIpc) is 2.89. The number of pyridine rings is 1. The van der Waals surface area contributed by atoms with Crippen molar-refractivity contribution in [3.05, 3.63) is 81.5 Å². The van der Waals surface area contributed by atoms with Crippen molar-refractivity contribution >= 4 is 28.0 Å². The number of carbonyl (C=O) groups is 1. The van der Waals surface area contributed by atoms with Gasteiger partial charge in [0, 0.05) is 28.4 Å². The molecule has 1 amide bonds. The summed E-state index contributed by atoms with van der Waals surface area (Å²) in [5, 5.41) is 0.985.